The molecule has 41 heavy (non-hydrogen) atoms. The van der Waals surface area contributed by atoms with Gasteiger partial charge >= 0.3 is 0 Å². The number of amides is 2. The highest BCUT2D eigenvalue weighted by atomic mass is 35.5. The Morgan fingerprint density at radius 1 is 1.10 bits per heavy atom. The lowest BCUT2D eigenvalue weighted by Crippen LogP contribution is -2.28. The summed E-state index contributed by atoms with van der Waals surface area (Å²) in [7, 11) is 0. The molecule has 3 heterocycles. The number of carbonyl (C=O) groups excluding carboxylic acids is 2. The van der Waals surface area contributed by atoms with E-state index in [1.807, 2.05) is 6.07 Å². The van der Waals surface area contributed by atoms with Crippen LogP contribution in [-0.4, -0.2) is 39.7 Å². The van der Waals surface area contributed by atoms with E-state index in [-0.39, 0.29) is 25.0 Å². The van der Waals surface area contributed by atoms with E-state index in [2.05, 4.69) is 20.5 Å². The molecule has 0 atom stereocenters. The van der Waals surface area contributed by atoms with Crippen molar-refractivity contribution in [3.05, 3.63) is 117 Å². The van der Waals surface area contributed by atoms with Gasteiger partial charge in [-0.2, -0.15) is 5.10 Å². The summed E-state index contributed by atoms with van der Waals surface area (Å²) < 4.78 is 11.2. The number of benzene rings is 2. The Labute approximate surface area is 249 Å². The van der Waals surface area contributed by atoms with E-state index in [1.165, 1.54) is 11.2 Å². The van der Waals surface area contributed by atoms with Crippen molar-refractivity contribution < 1.29 is 18.7 Å². The summed E-state index contributed by atoms with van der Waals surface area (Å²) in [5.74, 6) is 0.299. The number of anilines is 1. The fraction of sp³-hybridized carbons (Fsp3) is 0.0690. The summed E-state index contributed by atoms with van der Waals surface area (Å²) in [6, 6.07) is 18.8. The quantitative estimate of drug-likeness (QED) is 0.132. The number of aromatic nitrogens is 1. The third-order valence-corrected chi connectivity index (χ3v) is 7.05. The lowest BCUT2D eigenvalue weighted by molar-refractivity contribution is -0.122. The molecule has 0 radical (unpaired) electrons. The van der Waals surface area contributed by atoms with Crippen LogP contribution in [-0.2, 0) is 16.1 Å². The third-order valence-electron chi connectivity index (χ3n) is 5.56. The van der Waals surface area contributed by atoms with Crippen LogP contribution in [0, 0.1) is 0 Å². The molecule has 2 aromatic carbocycles. The van der Waals surface area contributed by atoms with E-state index in [4.69, 9.17) is 32.4 Å². The third kappa shape index (κ3) is 7.63. The molecule has 2 aromatic heterocycles. The maximum atomic E-state index is 13.5. The Morgan fingerprint density at radius 2 is 1.93 bits per heavy atom. The van der Waals surface area contributed by atoms with Crippen LogP contribution < -0.4 is 10.1 Å². The molecule has 1 aliphatic rings. The van der Waals surface area contributed by atoms with Gasteiger partial charge in [-0.1, -0.05) is 29.3 Å². The van der Waals surface area contributed by atoms with E-state index >= 15 is 0 Å². The smallest absolute Gasteiger partial charge is 0.267 e. The van der Waals surface area contributed by atoms with Gasteiger partial charge < -0.3 is 14.5 Å². The number of hydrogen-bond acceptors (Lipinski definition) is 8. The van der Waals surface area contributed by atoms with Gasteiger partial charge in [0, 0.05) is 39.3 Å². The van der Waals surface area contributed by atoms with Gasteiger partial charge in [0.1, 0.15) is 11.5 Å². The Morgan fingerprint density at radius 3 is 2.68 bits per heavy atom. The molecule has 2 amide bonds. The van der Waals surface area contributed by atoms with Gasteiger partial charge in [0.25, 0.3) is 11.8 Å². The number of furan rings is 1. The van der Waals surface area contributed by atoms with Crippen molar-refractivity contribution in [2.75, 3.05) is 11.9 Å². The highest BCUT2D eigenvalue weighted by molar-refractivity contribution is 8.18. The van der Waals surface area contributed by atoms with Gasteiger partial charge in [-0.3, -0.25) is 19.5 Å². The second-order valence-corrected chi connectivity index (χ2v) is 10.4. The molecule has 5 rings (SSSR count). The number of ether oxygens (including phenoxy) is 1. The van der Waals surface area contributed by atoms with E-state index in [0.717, 1.165) is 17.3 Å². The average Bonchev–Trinajstić information content (AvgIpc) is 3.59. The summed E-state index contributed by atoms with van der Waals surface area (Å²) in [6.45, 7) is -0.0941. The minimum atomic E-state index is -0.363. The zero-order valence-electron chi connectivity index (χ0n) is 21.2. The molecule has 0 unspecified atom stereocenters. The molecule has 0 spiro atoms. The van der Waals surface area contributed by atoms with Crippen LogP contribution in [0.5, 0.6) is 5.75 Å². The Bertz CT molecular complexity index is 1620. The molecule has 12 heteroatoms. The fourth-order valence-electron chi connectivity index (χ4n) is 3.66. The SMILES string of the molecule is O=C(COc1ccc(Cl)cc1/C=C1\S/C(=N/N=C\c2cccnc2)N(Cc2ccco2)C1=O)Nc1ccc(Cl)cc1. The lowest BCUT2D eigenvalue weighted by Gasteiger charge is -2.13. The number of nitrogens with one attached hydrogen (secondary N) is 1. The van der Waals surface area contributed by atoms with Crippen LogP contribution in [0.4, 0.5) is 5.69 Å². The van der Waals surface area contributed by atoms with Crippen LogP contribution in [0.2, 0.25) is 10.0 Å². The van der Waals surface area contributed by atoms with Gasteiger partial charge in [-0.25, -0.2) is 0 Å². The summed E-state index contributed by atoms with van der Waals surface area (Å²) in [4.78, 5) is 31.8. The van der Waals surface area contributed by atoms with Crippen molar-refractivity contribution in [3.63, 3.8) is 0 Å². The summed E-state index contributed by atoms with van der Waals surface area (Å²) in [6.07, 6.45) is 8.05. The second kappa shape index (κ2) is 13.3. The van der Waals surface area contributed by atoms with Crippen molar-refractivity contribution in [3.8, 4) is 5.75 Å². The Balaban J connectivity index is 1.36. The molecule has 206 valence electrons. The van der Waals surface area contributed by atoms with Crippen LogP contribution in [0.1, 0.15) is 16.9 Å². The topological polar surface area (TPSA) is 109 Å². The molecule has 9 nitrogen and oxygen atoms in total. The van der Waals surface area contributed by atoms with Crippen LogP contribution >= 0.6 is 35.0 Å². The number of nitrogens with zero attached hydrogens (tertiary/aromatic N) is 4. The van der Waals surface area contributed by atoms with Crippen LogP contribution in [0.3, 0.4) is 0 Å². The molecule has 1 aliphatic heterocycles. The number of pyridine rings is 1. The van der Waals surface area contributed by atoms with Crippen molar-refractivity contribution in [2.24, 2.45) is 10.2 Å². The maximum absolute atomic E-state index is 13.5. The summed E-state index contributed by atoms with van der Waals surface area (Å²) in [5.41, 5.74) is 1.87. The predicted octanol–water partition coefficient (Wildman–Crippen LogP) is 6.51. The molecular formula is C29H21Cl2N5O4S. The van der Waals surface area contributed by atoms with Gasteiger partial charge in [0.15, 0.2) is 11.8 Å². The molecule has 4 aromatic rings. The lowest BCUT2D eigenvalue weighted by atomic mass is 10.2. The number of rotatable bonds is 9. The van der Waals surface area contributed by atoms with Gasteiger partial charge in [-0.05, 0) is 78.5 Å². The number of carbonyl (C=O) groups is 2. The van der Waals surface area contributed by atoms with Crippen molar-refractivity contribution in [1.29, 1.82) is 0 Å². The van der Waals surface area contributed by atoms with Gasteiger partial charge in [0.05, 0.1) is 23.9 Å². The first-order chi connectivity index (χ1) is 19.9. The fourth-order valence-corrected chi connectivity index (χ4v) is 4.89. The molecular weight excluding hydrogens is 585 g/mol. The number of halogens is 2. The first-order valence-corrected chi connectivity index (χ1v) is 13.7. The minimum absolute atomic E-state index is 0.168. The average molecular weight is 606 g/mol. The summed E-state index contributed by atoms with van der Waals surface area (Å²) >= 11 is 13.3. The number of hydrogen-bond donors (Lipinski definition) is 1. The minimum Gasteiger partial charge on any atom is -0.483 e. The molecule has 1 saturated heterocycles. The number of thioether (sulfide) groups is 1. The number of amidine groups is 1. The van der Waals surface area contributed by atoms with E-state index < -0.39 is 0 Å². The monoisotopic (exact) mass is 605 g/mol. The maximum Gasteiger partial charge on any atom is 0.267 e. The predicted molar refractivity (Wildman–Crippen MR) is 161 cm³/mol. The highest BCUT2D eigenvalue weighted by Crippen LogP contribution is 2.36. The highest BCUT2D eigenvalue weighted by Gasteiger charge is 2.34. The summed E-state index contributed by atoms with van der Waals surface area (Å²) in [5, 5.41) is 12.6. The van der Waals surface area contributed by atoms with E-state index in [1.54, 1.807) is 85.3 Å². The zero-order chi connectivity index (χ0) is 28.6. The van der Waals surface area contributed by atoms with Crippen molar-refractivity contribution >= 4 is 69.9 Å². The molecule has 0 saturated carbocycles. The zero-order valence-corrected chi connectivity index (χ0v) is 23.6. The van der Waals surface area contributed by atoms with Crippen molar-refractivity contribution in [1.82, 2.24) is 9.88 Å². The van der Waals surface area contributed by atoms with Gasteiger partial charge in [0.2, 0.25) is 0 Å². The van der Waals surface area contributed by atoms with E-state index in [0.29, 0.717) is 42.9 Å². The molecule has 0 bridgehead atoms. The second-order valence-electron chi connectivity index (χ2n) is 8.52. The van der Waals surface area contributed by atoms with E-state index in [9.17, 15) is 9.59 Å². The molecule has 0 aliphatic carbocycles. The van der Waals surface area contributed by atoms with Crippen LogP contribution in [0.15, 0.2) is 105 Å². The largest absolute Gasteiger partial charge is 0.483 e. The standard InChI is InChI=1S/C29H21Cl2N5O4S/c30-21-5-8-23(9-6-21)34-27(37)18-40-25-10-7-22(31)13-20(25)14-26-28(38)36(17-24-4-2-12-39-24)29(41-26)35-33-16-19-3-1-11-32-15-19/h1-16H,17-18H2,(H,34,37)/b26-14-,33-16-,35-29+. The van der Waals surface area contributed by atoms with Crippen LogP contribution in [0.25, 0.3) is 6.08 Å². The van der Waals surface area contributed by atoms with Crippen molar-refractivity contribution in [2.45, 2.75) is 6.54 Å². The normalized spacial score (nSPS) is 15.3. The molecule has 1 N–H and O–H groups in total. The van der Waals surface area contributed by atoms with Gasteiger partial charge in [-0.15, -0.1) is 5.10 Å². The first kappa shape index (κ1) is 28.2. The first-order valence-electron chi connectivity index (χ1n) is 12.2. The Kier molecular flexibility index (Phi) is 9.15. The Hall–Kier alpha value is -4.38. The molecule has 1 fully saturated rings.